The highest BCUT2D eigenvalue weighted by Crippen LogP contribution is 2.23. The number of benzene rings is 1. The average Bonchev–Trinajstić information content (AvgIpc) is 3.19. The third kappa shape index (κ3) is 3.61. The SMILES string of the molecule is Cc1cccc2nc(C(=O)OC(C(=O)N3CCOCC3)c3ccccc3)cn12. The van der Waals surface area contributed by atoms with E-state index in [9.17, 15) is 9.59 Å². The van der Waals surface area contributed by atoms with Crippen molar-refractivity contribution in [3.63, 3.8) is 0 Å². The summed E-state index contributed by atoms with van der Waals surface area (Å²) >= 11 is 0. The summed E-state index contributed by atoms with van der Waals surface area (Å²) in [6.45, 7) is 3.85. The maximum Gasteiger partial charge on any atom is 0.359 e. The Hall–Kier alpha value is -3.19. The smallest absolute Gasteiger partial charge is 0.359 e. The van der Waals surface area contributed by atoms with E-state index in [1.807, 2.05) is 47.7 Å². The quantitative estimate of drug-likeness (QED) is 0.651. The second-order valence-corrected chi connectivity index (χ2v) is 6.66. The number of ether oxygens (including phenoxy) is 2. The molecule has 7 nitrogen and oxygen atoms in total. The first kappa shape index (κ1) is 18.2. The number of imidazole rings is 1. The number of rotatable bonds is 4. The van der Waals surface area contributed by atoms with Gasteiger partial charge in [0.1, 0.15) is 5.65 Å². The standard InChI is InChI=1S/C21H21N3O4/c1-15-6-5-9-18-22-17(14-24(15)18)21(26)28-19(16-7-3-2-4-8-16)20(25)23-10-12-27-13-11-23/h2-9,14,19H,10-13H2,1H3. The molecule has 1 amide bonds. The molecule has 7 heteroatoms. The molecule has 0 bridgehead atoms. The number of hydrogen-bond donors (Lipinski definition) is 0. The summed E-state index contributed by atoms with van der Waals surface area (Å²) in [6, 6.07) is 14.7. The molecule has 1 aliphatic heterocycles. The van der Waals surface area contributed by atoms with Gasteiger partial charge in [0, 0.05) is 30.5 Å². The molecule has 1 fully saturated rings. The van der Waals surface area contributed by atoms with Crippen LogP contribution in [0.2, 0.25) is 0 Å². The molecule has 0 radical (unpaired) electrons. The molecule has 1 atom stereocenters. The largest absolute Gasteiger partial charge is 0.443 e. The number of morpholine rings is 1. The summed E-state index contributed by atoms with van der Waals surface area (Å²) in [7, 11) is 0. The Balaban J connectivity index is 1.61. The Bertz CT molecular complexity index is 993. The number of carbonyl (C=O) groups excluding carboxylic acids is 2. The van der Waals surface area contributed by atoms with Crippen molar-refractivity contribution in [1.82, 2.24) is 14.3 Å². The minimum absolute atomic E-state index is 0.171. The van der Waals surface area contributed by atoms with E-state index in [1.165, 1.54) is 0 Å². The van der Waals surface area contributed by atoms with Crippen LogP contribution in [0.1, 0.15) is 27.8 Å². The first-order valence-corrected chi connectivity index (χ1v) is 9.20. The van der Waals surface area contributed by atoms with Crippen LogP contribution in [0.4, 0.5) is 0 Å². The first-order chi connectivity index (χ1) is 13.6. The Kier molecular flexibility index (Phi) is 5.08. The summed E-state index contributed by atoms with van der Waals surface area (Å²) in [4.78, 5) is 31.9. The molecule has 3 heterocycles. The van der Waals surface area contributed by atoms with Crippen LogP contribution < -0.4 is 0 Å². The van der Waals surface area contributed by atoms with Gasteiger partial charge in [0.15, 0.2) is 5.69 Å². The topological polar surface area (TPSA) is 73.1 Å². The van der Waals surface area contributed by atoms with Crippen molar-refractivity contribution < 1.29 is 19.1 Å². The summed E-state index contributed by atoms with van der Waals surface area (Å²) in [6.07, 6.45) is 0.617. The van der Waals surface area contributed by atoms with Crippen LogP contribution in [0.3, 0.4) is 0 Å². The summed E-state index contributed by atoms with van der Waals surface area (Å²) < 4.78 is 12.8. The second-order valence-electron chi connectivity index (χ2n) is 6.66. The number of hydrogen-bond acceptors (Lipinski definition) is 5. The van der Waals surface area contributed by atoms with Gasteiger partial charge < -0.3 is 18.8 Å². The van der Waals surface area contributed by atoms with Gasteiger partial charge in [-0.2, -0.15) is 0 Å². The summed E-state index contributed by atoms with van der Waals surface area (Å²) in [5, 5.41) is 0. The van der Waals surface area contributed by atoms with Gasteiger partial charge in [-0.05, 0) is 19.1 Å². The van der Waals surface area contributed by atoms with Crippen molar-refractivity contribution in [2.75, 3.05) is 26.3 Å². The zero-order chi connectivity index (χ0) is 19.5. The van der Waals surface area contributed by atoms with E-state index < -0.39 is 12.1 Å². The van der Waals surface area contributed by atoms with E-state index in [0.29, 0.717) is 37.5 Å². The van der Waals surface area contributed by atoms with Crippen molar-refractivity contribution in [3.05, 3.63) is 71.7 Å². The minimum atomic E-state index is -1.02. The molecule has 1 saturated heterocycles. The molecule has 0 spiro atoms. The van der Waals surface area contributed by atoms with Gasteiger partial charge >= 0.3 is 5.97 Å². The van der Waals surface area contributed by atoms with Gasteiger partial charge in [-0.25, -0.2) is 9.78 Å². The maximum absolute atomic E-state index is 13.1. The summed E-state index contributed by atoms with van der Waals surface area (Å²) in [5.74, 6) is -0.874. The van der Waals surface area contributed by atoms with Gasteiger partial charge in [-0.1, -0.05) is 36.4 Å². The Morgan fingerprint density at radius 1 is 1.07 bits per heavy atom. The monoisotopic (exact) mass is 379 g/mol. The lowest BCUT2D eigenvalue weighted by Crippen LogP contribution is -2.44. The Labute approximate surface area is 162 Å². The number of aromatic nitrogens is 2. The highest BCUT2D eigenvalue weighted by molar-refractivity contribution is 5.91. The first-order valence-electron chi connectivity index (χ1n) is 9.20. The van der Waals surface area contributed by atoms with E-state index in [-0.39, 0.29) is 11.6 Å². The van der Waals surface area contributed by atoms with Crippen LogP contribution in [0.25, 0.3) is 5.65 Å². The number of esters is 1. The molecule has 1 unspecified atom stereocenters. The lowest BCUT2D eigenvalue weighted by Gasteiger charge is -2.30. The van der Waals surface area contributed by atoms with Gasteiger partial charge in [0.25, 0.3) is 5.91 Å². The van der Waals surface area contributed by atoms with Crippen LogP contribution in [-0.4, -0.2) is 52.5 Å². The molecule has 2 aromatic heterocycles. The predicted octanol–water partition coefficient (Wildman–Crippen LogP) is 2.40. The minimum Gasteiger partial charge on any atom is -0.443 e. The molecule has 0 aliphatic carbocycles. The van der Waals surface area contributed by atoms with Crippen molar-refractivity contribution in [3.8, 4) is 0 Å². The molecule has 4 rings (SSSR count). The van der Waals surface area contributed by atoms with Gasteiger partial charge in [-0.3, -0.25) is 4.79 Å². The summed E-state index contributed by atoms with van der Waals surface area (Å²) in [5.41, 5.74) is 2.41. The highest BCUT2D eigenvalue weighted by atomic mass is 16.5. The zero-order valence-electron chi connectivity index (χ0n) is 15.6. The van der Waals surface area contributed by atoms with Gasteiger partial charge in [-0.15, -0.1) is 0 Å². The predicted molar refractivity (Wildman–Crippen MR) is 102 cm³/mol. The second kappa shape index (κ2) is 7.82. The van der Waals surface area contributed by atoms with Crippen molar-refractivity contribution in [2.24, 2.45) is 0 Å². The van der Waals surface area contributed by atoms with Crippen molar-refractivity contribution in [1.29, 1.82) is 0 Å². The van der Waals surface area contributed by atoms with Gasteiger partial charge in [0.05, 0.1) is 13.2 Å². The molecule has 0 N–H and O–H groups in total. The average molecular weight is 379 g/mol. The number of pyridine rings is 1. The van der Waals surface area contributed by atoms with Crippen LogP contribution >= 0.6 is 0 Å². The van der Waals surface area contributed by atoms with Crippen LogP contribution in [0.5, 0.6) is 0 Å². The lowest BCUT2D eigenvalue weighted by molar-refractivity contribution is -0.145. The van der Waals surface area contributed by atoms with Crippen LogP contribution in [0, 0.1) is 6.92 Å². The van der Waals surface area contributed by atoms with E-state index >= 15 is 0 Å². The number of fused-ring (bicyclic) bond motifs is 1. The molecule has 1 aromatic carbocycles. The molecule has 1 aliphatic rings. The fourth-order valence-corrected chi connectivity index (χ4v) is 3.25. The molecule has 144 valence electrons. The Morgan fingerprint density at radius 2 is 1.82 bits per heavy atom. The van der Waals surface area contributed by atoms with Gasteiger partial charge in [0.2, 0.25) is 6.10 Å². The highest BCUT2D eigenvalue weighted by Gasteiger charge is 2.31. The number of carbonyl (C=O) groups is 2. The molecular formula is C21H21N3O4. The van der Waals surface area contributed by atoms with Crippen molar-refractivity contribution >= 4 is 17.5 Å². The number of nitrogens with zero attached hydrogens (tertiary/aromatic N) is 3. The zero-order valence-corrected chi connectivity index (χ0v) is 15.6. The van der Waals surface area contributed by atoms with Crippen LogP contribution in [0.15, 0.2) is 54.7 Å². The number of aryl methyl sites for hydroxylation is 1. The third-order valence-corrected chi connectivity index (χ3v) is 4.78. The third-order valence-electron chi connectivity index (χ3n) is 4.78. The number of amides is 1. The molecule has 28 heavy (non-hydrogen) atoms. The van der Waals surface area contributed by atoms with E-state index in [4.69, 9.17) is 9.47 Å². The molecular weight excluding hydrogens is 358 g/mol. The van der Waals surface area contributed by atoms with Crippen LogP contribution in [-0.2, 0) is 14.3 Å². The maximum atomic E-state index is 13.1. The fourth-order valence-electron chi connectivity index (χ4n) is 3.25. The van der Waals surface area contributed by atoms with E-state index in [0.717, 1.165) is 5.69 Å². The van der Waals surface area contributed by atoms with E-state index in [2.05, 4.69) is 4.98 Å². The normalized spacial score (nSPS) is 15.4. The molecule has 0 saturated carbocycles. The van der Waals surface area contributed by atoms with E-state index in [1.54, 1.807) is 23.2 Å². The molecule has 3 aromatic rings. The Morgan fingerprint density at radius 3 is 2.54 bits per heavy atom. The fraction of sp³-hybridized carbons (Fsp3) is 0.286. The van der Waals surface area contributed by atoms with Crippen molar-refractivity contribution in [2.45, 2.75) is 13.0 Å². The lowest BCUT2D eigenvalue weighted by atomic mass is 10.1.